The SMILES string of the molecule is CC(C)(C)S(=O)(=O)NCCCCC(=O)Nc1cccc(Oc2ccccc2)c1. The minimum atomic E-state index is -3.34. The van der Waals surface area contributed by atoms with Crippen LogP contribution in [0.1, 0.15) is 40.0 Å². The number of rotatable bonds is 9. The first kappa shape index (κ1) is 21.9. The molecule has 7 heteroatoms. The van der Waals surface area contributed by atoms with Crippen LogP contribution in [0.15, 0.2) is 54.6 Å². The lowest BCUT2D eigenvalue weighted by molar-refractivity contribution is -0.116. The third kappa shape index (κ3) is 6.98. The van der Waals surface area contributed by atoms with Crippen molar-refractivity contribution >= 4 is 21.6 Å². The maximum absolute atomic E-state index is 12.1. The molecule has 0 aromatic heterocycles. The number of para-hydroxylation sites is 1. The van der Waals surface area contributed by atoms with Crippen LogP contribution in [0.3, 0.4) is 0 Å². The molecule has 2 rings (SSSR count). The number of hydrogen-bond acceptors (Lipinski definition) is 4. The Bertz CT molecular complexity index is 875. The van der Waals surface area contributed by atoms with Gasteiger partial charge in [-0.25, -0.2) is 13.1 Å². The maximum Gasteiger partial charge on any atom is 0.224 e. The monoisotopic (exact) mass is 404 g/mol. The molecule has 0 fully saturated rings. The van der Waals surface area contributed by atoms with Crippen molar-refractivity contribution in [2.24, 2.45) is 0 Å². The predicted octanol–water partition coefficient (Wildman–Crippen LogP) is 4.31. The third-order valence-electron chi connectivity index (χ3n) is 4.03. The van der Waals surface area contributed by atoms with E-state index in [1.807, 2.05) is 42.5 Å². The normalized spacial score (nSPS) is 11.8. The standard InChI is InChI=1S/C21H28N2O4S/c1-21(2,3)28(25,26)22-15-8-7-14-20(24)23-17-10-9-13-19(16-17)27-18-11-5-4-6-12-18/h4-6,9-13,16,22H,7-8,14-15H2,1-3H3,(H,23,24). The van der Waals surface area contributed by atoms with Crippen LogP contribution in [0.2, 0.25) is 0 Å². The summed E-state index contributed by atoms with van der Waals surface area (Å²) in [5, 5.41) is 2.84. The van der Waals surface area contributed by atoms with Gasteiger partial charge in [0.25, 0.3) is 0 Å². The van der Waals surface area contributed by atoms with E-state index in [0.717, 1.165) is 5.75 Å². The average molecular weight is 405 g/mol. The second kappa shape index (κ2) is 9.71. The van der Waals surface area contributed by atoms with Crippen LogP contribution in [0, 0.1) is 0 Å². The number of hydrogen-bond donors (Lipinski definition) is 2. The second-order valence-corrected chi connectivity index (χ2v) is 9.98. The van der Waals surface area contributed by atoms with E-state index in [0.29, 0.717) is 37.2 Å². The van der Waals surface area contributed by atoms with E-state index in [9.17, 15) is 13.2 Å². The van der Waals surface area contributed by atoms with Gasteiger partial charge in [-0.1, -0.05) is 24.3 Å². The molecule has 0 bridgehead atoms. The molecule has 0 aliphatic rings. The van der Waals surface area contributed by atoms with E-state index in [1.54, 1.807) is 32.9 Å². The fraction of sp³-hybridized carbons (Fsp3) is 0.381. The van der Waals surface area contributed by atoms with E-state index >= 15 is 0 Å². The van der Waals surface area contributed by atoms with E-state index in [-0.39, 0.29) is 5.91 Å². The van der Waals surface area contributed by atoms with Crippen molar-refractivity contribution in [2.75, 3.05) is 11.9 Å². The molecule has 6 nitrogen and oxygen atoms in total. The first-order chi connectivity index (χ1) is 13.2. The van der Waals surface area contributed by atoms with Gasteiger partial charge in [0, 0.05) is 24.7 Å². The van der Waals surface area contributed by atoms with Crippen LogP contribution < -0.4 is 14.8 Å². The Labute approximate surface area is 167 Å². The van der Waals surface area contributed by atoms with Crippen LogP contribution in [0.4, 0.5) is 5.69 Å². The van der Waals surface area contributed by atoms with Crippen LogP contribution in [-0.4, -0.2) is 25.6 Å². The van der Waals surface area contributed by atoms with Crippen LogP contribution in [0.25, 0.3) is 0 Å². The number of unbranched alkanes of at least 4 members (excludes halogenated alkanes) is 1. The van der Waals surface area contributed by atoms with Crippen molar-refractivity contribution in [3.63, 3.8) is 0 Å². The lowest BCUT2D eigenvalue weighted by atomic mass is 10.2. The molecule has 28 heavy (non-hydrogen) atoms. The Morgan fingerprint density at radius 1 is 0.964 bits per heavy atom. The summed E-state index contributed by atoms with van der Waals surface area (Å²) in [5.41, 5.74) is 0.659. The van der Waals surface area contributed by atoms with Gasteiger partial charge in [0.15, 0.2) is 0 Å². The Kier molecular flexibility index (Phi) is 7.60. The lowest BCUT2D eigenvalue weighted by Crippen LogP contribution is -2.39. The number of benzene rings is 2. The fourth-order valence-corrected chi connectivity index (χ4v) is 3.17. The summed E-state index contributed by atoms with van der Waals surface area (Å²) >= 11 is 0. The summed E-state index contributed by atoms with van der Waals surface area (Å²) in [6, 6.07) is 16.6. The molecule has 0 aliphatic heterocycles. The number of nitrogens with one attached hydrogen (secondary N) is 2. The molecule has 2 N–H and O–H groups in total. The van der Waals surface area contributed by atoms with E-state index in [4.69, 9.17) is 4.74 Å². The molecule has 0 unspecified atom stereocenters. The van der Waals surface area contributed by atoms with Crippen molar-refractivity contribution in [3.8, 4) is 11.5 Å². The molecule has 152 valence electrons. The quantitative estimate of drug-likeness (QED) is 0.610. The molecule has 0 spiro atoms. The zero-order chi connectivity index (χ0) is 20.6. The third-order valence-corrected chi connectivity index (χ3v) is 6.22. The predicted molar refractivity (Wildman–Crippen MR) is 112 cm³/mol. The minimum Gasteiger partial charge on any atom is -0.457 e. The summed E-state index contributed by atoms with van der Waals surface area (Å²) in [5.74, 6) is 1.25. The first-order valence-electron chi connectivity index (χ1n) is 9.29. The van der Waals surface area contributed by atoms with Crippen molar-refractivity contribution in [2.45, 2.75) is 44.8 Å². The summed E-state index contributed by atoms with van der Waals surface area (Å²) in [4.78, 5) is 12.1. The first-order valence-corrected chi connectivity index (χ1v) is 10.8. The van der Waals surface area contributed by atoms with Gasteiger partial charge in [0.1, 0.15) is 11.5 Å². The summed E-state index contributed by atoms with van der Waals surface area (Å²) in [7, 11) is -3.34. The minimum absolute atomic E-state index is 0.115. The smallest absolute Gasteiger partial charge is 0.224 e. The van der Waals surface area contributed by atoms with Crippen molar-refractivity contribution < 1.29 is 17.9 Å². The largest absolute Gasteiger partial charge is 0.457 e. The summed E-state index contributed by atoms with van der Waals surface area (Å²) in [6.45, 7) is 5.28. The number of anilines is 1. The highest BCUT2D eigenvalue weighted by Gasteiger charge is 2.27. The molecular formula is C21H28N2O4S. The molecule has 0 saturated carbocycles. The maximum atomic E-state index is 12.1. The van der Waals surface area contributed by atoms with Crippen LogP contribution >= 0.6 is 0 Å². The zero-order valence-electron chi connectivity index (χ0n) is 16.6. The highest BCUT2D eigenvalue weighted by molar-refractivity contribution is 7.90. The lowest BCUT2D eigenvalue weighted by Gasteiger charge is -2.19. The fourth-order valence-electron chi connectivity index (χ4n) is 2.32. The summed E-state index contributed by atoms with van der Waals surface area (Å²) < 4.78 is 31.4. The van der Waals surface area contributed by atoms with Gasteiger partial charge in [0.05, 0.1) is 4.75 Å². The molecule has 0 saturated heterocycles. The number of sulfonamides is 1. The van der Waals surface area contributed by atoms with Gasteiger partial charge in [-0.05, 0) is 57.9 Å². The Balaban J connectivity index is 1.75. The second-order valence-electron chi connectivity index (χ2n) is 7.46. The number of amides is 1. The van der Waals surface area contributed by atoms with Gasteiger partial charge < -0.3 is 10.1 Å². The molecule has 2 aromatic carbocycles. The number of ether oxygens (including phenoxy) is 1. The molecule has 0 heterocycles. The topological polar surface area (TPSA) is 84.5 Å². The van der Waals surface area contributed by atoms with E-state index in [1.165, 1.54) is 0 Å². The molecule has 1 amide bonds. The Morgan fingerprint density at radius 3 is 2.32 bits per heavy atom. The number of carbonyl (C=O) groups excluding carboxylic acids is 1. The van der Waals surface area contributed by atoms with Gasteiger partial charge in [0.2, 0.25) is 15.9 Å². The number of carbonyl (C=O) groups is 1. The Morgan fingerprint density at radius 2 is 1.64 bits per heavy atom. The van der Waals surface area contributed by atoms with Gasteiger partial charge >= 0.3 is 0 Å². The zero-order valence-corrected chi connectivity index (χ0v) is 17.4. The van der Waals surface area contributed by atoms with E-state index in [2.05, 4.69) is 10.0 Å². The molecular weight excluding hydrogens is 376 g/mol. The Hall–Kier alpha value is -2.38. The summed E-state index contributed by atoms with van der Waals surface area (Å²) in [6.07, 6.45) is 1.51. The highest BCUT2D eigenvalue weighted by atomic mass is 32.2. The van der Waals surface area contributed by atoms with Gasteiger partial charge in [-0.3, -0.25) is 4.79 Å². The average Bonchev–Trinajstić information content (AvgIpc) is 2.61. The molecule has 0 aliphatic carbocycles. The van der Waals surface area contributed by atoms with Gasteiger partial charge in [-0.2, -0.15) is 0 Å². The molecule has 2 aromatic rings. The van der Waals surface area contributed by atoms with Gasteiger partial charge in [-0.15, -0.1) is 0 Å². The van der Waals surface area contributed by atoms with Crippen molar-refractivity contribution in [1.82, 2.24) is 4.72 Å². The molecule has 0 atom stereocenters. The highest BCUT2D eigenvalue weighted by Crippen LogP contribution is 2.24. The van der Waals surface area contributed by atoms with Crippen LogP contribution in [0.5, 0.6) is 11.5 Å². The molecule has 0 radical (unpaired) electrons. The van der Waals surface area contributed by atoms with Crippen molar-refractivity contribution in [3.05, 3.63) is 54.6 Å². The van der Waals surface area contributed by atoms with Crippen LogP contribution in [-0.2, 0) is 14.8 Å². The van der Waals surface area contributed by atoms with E-state index < -0.39 is 14.8 Å². The van der Waals surface area contributed by atoms with Crippen molar-refractivity contribution in [1.29, 1.82) is 0 Å².